The van der Waals surface area contributed by atoms with Crippen LogP contribution in [-0.2, 0) is 17.8 Å². The monoisotopic (exact) mass is 601 g/mol. The largest absolute Gasteiger partial charge is 0.496 e. The second-order valence-electron chi connectivity index (χ2n) is 12.3. The Morgan fingerprint density at radius 2 is 1.80 bits per heavy atom. The average molecular weight is 602 g/mol. The quantitative estimate of drug-likeness (QED) is 0.276. The van der Waals surface area contributed by atoms with Crippen molar-refractivity contribution in [2.45, 2.75) is 44.5 Å². The maximum Gasteiger partial charge on any atom is 0.251 e. The van der Waals surface area contributed by atoms with Gasteiger partial charge in [0.05, 0.1) is 19.3 Å². The summed E-state index contributed by atoms with van der Waals surface area (Å²) in [6.45, 7) is 3.50. The molecule has 1 heterocycles. The van der Waals surface area contributed by atoms with Crippen molar-refractivity contribution in [1.82, 2.24) is 15.1 Å². The number of aliphatic hydroxyl groups is 1. The normalized spacial score (nSPS) is 18.2. The van der Waals surface area contributed by atoms with Gasteiger partial charge in [-0.1, -0.05) is 48.5 Å². The Morgan fingerprint density at radius 1 is 1.07 bits per heavy atom. The van der Waals surface area contributed by atoms with E-state index in [4.69, 9.17) is 10.5 Å². The fraction of sp³-hybridized carbons (Fsp3) is 0.429. The van der Waals surface area contributed by atoms with E-state index >= 15 is 0 Å². The number of amides is 2. The van der Waals surface area contributed by atoms with E-state index in [1.54, 1.807) is 14.0 Å². The number of ether oxygens (including phenoxy) is 1. The number of methoxy groups -OCH3 is 1. The Morgan fingerprint density at radius 3 is 2.41 bits per heavy atom. The van der Waals surface area contributed by atoms with E-state index in [9.17, 15) is 14.7 Å². The maximum absolute atomic E-state index is 13.8. The molecule has 0 bridgehead atoms. The molecule has 0 radical (unpaired) electrons. The van der Waals surface area contributed by atoms with Crippen LogP contribution in [0, 0.1) is 5.92 Å². The highest BCUT2D eigenvalue weighted by molar-refractivity contribution is 5.97. The molecule has 0 saturated carbocycles. The van der Waals surface area contributed by atoms with Gasteiger partial charge in [-0.3, -0.25) is 14.5 Å². The molecule has 1 aliphatic heterocycles. The number of likely N-dealkylation sites (N-methyl/N-ethyl adjacent to an activating group) is 1. The van der Waals surface area contributed by atoms with Crippen LogP contribution in [0.15, 0.2) is 66.7 Å². The molecule has 3 aromatic rings. The Kier molecular flexibility index (Phi) is 11.0. The van der Waals surface area contributed by atoms with Crippen molar-refractivity contribution in [3.63, 3.8) is 0 Å². The molecule has 3 aromatic carbocycles. The number of para-hydroxylation sites is 1. The van der Waals surface area contributed by atoms with Crippen LogP contribution in [0.2, 0.25) is 0 Å². The summed E-state index contributed by atoms with van der Waals surface area (Å²) in [5, 5.41) is 13.5. The predicted molar refractivity (Wildman–Crippen MR) is 176 cm³/mol. The van der Waals surface area contributed by atoms with Gasteiger partial charge < -0.3 is 30.7 Å². The van der Waals surface area contributed by atoms with Crippen molar-refractivity contribution in [2.24, 2.45) is 11.7 Å². The first kappa shape index (κ1) is 33.0. The highest BCUT2D eigenvalue weighted by Gasteiger charge is 2.40. The predicted octanol–water partition coefficient (Wildman–Crippen LogP) is 3.39. The SMILES string of the molecule is COc1c(CN2CCC([C@H](C)O)C2C(N)=O)cccc1-c1cc(C(=O)N[C@@H](Cc2ccccc2)CN(C)C)cc(N(C)C)c1. The molecule has 1 fully saturated rings. The zero-order valence-electron chi connectivity index (χ0n) is 26.8. The molecular weight excluding hydrogens is 554 g/mol. The van der Waals surface area contributed by atoms with Crippen molar-refractivity contribution < 1.29 is 19.4 Å². The number of carbonyl (C=O) groups excluding carboxylic acids is 2. The number of carbonyl (C=O) groups is 2. The van der Waals surface area contributed by atoms with Crippen molar-refractivity contribution in [2.75, 3.05) is 53.3 Å². The lowest BCUT2D eigenvalue weighted by molar-refractivity contribution is -0.124. The van der Waals surface area contributed by atoms with Crippen molar-refractivity contribution in [3.05, 3.63) is 83.4 Å². The number of anilines is 1. The summed E-state index contributed by atoms with van der Waals surface area (Å²) < 4.78 is 5.97. The van der Waals surface area contributed by atoms with Gasteiger partial charge in [-0.15, -0.1) is 0 Å². The van der Waals surface area contributed by atoms with Gasteiger partial charge >= 0.3 is 0 Å². The molecule has 4 rings (SSSR count). The fourth-order valence-electron chi connectivity index (χ4n) is 6.28. The minimum Gasteiger partial charge on any atom is -0.496 e. The number of aliphatic hydroxyl groups excluding tert-OH is 1. The minimum absolute atomic E-state index is 0.0756. The van der Waals surface area contributed by atoms with Gasteiger partial charge in [0, 0.05) is 61.5 Å². The third-order valence-corrected chi connectivity index (χ3v) is 8.39. The molecule has 2 unspecified atom stereocenters. The van der Waals surface area contributed by atoms with Gasteiger partial charge in [-0.05, 0) is 69.7 Å². The number of benzene rings is 3. The van der Waals surface area contributed by atoms with Crippen LogP contribution in [-0.4, -0.2) is 93.3 Å². The van der Waals surface area contributed by atoms with Crippen molar-refractivity contribution in [1.29, 1.82) is 0 Å². The summed E-state index contributed by atoms with van der Waals surface area (Å²) in [6, 6.07) is 21.3. The van der Waals surface area contributed by atoms with E-state index in [2.05, 4.69) is 22.3 Å². The number of nitrogens with two attached hydrogens (primary N) is 1. The van der Waals surface area contributed by atoms with E-state index in [0.717, 1.165) is 28.8 Å². The first-order valence-electron chi connectivity index (χ1n) is 15.2. The first-order chi connectivity index (χ1) is 21.0. The molecule has 1 aliphatic rings. The van der Waals surface area contributed by atoms with Gasteiger partial charge in [0.15, 0.2) is 0 Å². The molecule has 9 heteroatoms. The lowest BCUT2D eigenvalue weighted by atomic mass is 9.94. The number of likely N-dealkylation sites (tertiary alicyclic amines) is 1. The Bertz CT molecular complexity index is 1430. The molecule has 0 aromatic heterocycles. The van der Waals surface area contributed by atoms with Crippen LogP contribution < -0.4 is 20.7 Å². The molecule has 4 atom stereocenters. The summed E-state index contributed by atoms with van der Waals surface area (Å²) in [5.74, 6) is -0.109. The van der Waals surface area contributed by atoms with Gasteiger partial charge in [-0.2, -0.15) is 0 Å². The number of nitrogens with zero attached hydrogens (tertiary/aromatic N) is 3. The van der Waals surface area contributed by atoms with Crippen LogP contribution in [0.1, 0.15) is 34.8 Å². The Hall–Kier alpha value is -3.92. The number of nitrogens with one attached hydrogen (secondary N) is 1. The van der Waals surface area contributed by atoms with E-state index in [-0.39, 0.29) is 17.9 Å². The van der Waals surface area contributed by atoms with Crippen molar-refractivity contribution in [3.8, 4) is 16.9 Å². The van der Waals surface area contributed by atoms with Crippen LogP contribution in [0.4, 0.5) is 5.69 Å². The standard InChI is InChI=1S/C35H47N5O4/c1-23(41)30-15-16-40(32(30)34(36)42)21-25-13-10-14-31(33(25)44-6)26-18-27(20-29(19-26)39(4)5)35(43)37-28(22-38(2)3)17-24-11-8-7-9-12-24/h7-14,18-20,23,28,30,32,41H,15-17,21-22H2,1-6H3,(H2,36,42)(H,37,43)/t23-,28-,30?,32?/m0/s1. The molecular formula is C35H47N5O4. The van der Waals surface area contributed by atoms with E-state index in [0.29, 0.717) is 37.4 Å². The molecule has 44 heavy (non-hydrogen) atoms. The highest BCUT2D eigenvalue weighted by Crippen LogP contribution is 2.38. The molecule has 4 N–H and O–H groups in total. The van der Waals surface area contributed by atoms with E-state index < -0.39 is 18.1 Å². The molecule has 9 nitrogen and oxygen atoms in total. The Labute approximate surface area is 261 Å². The fourth-order valence-corrected chi connectivity index (χ4v) is 6.28. The lowest BCUT2D eigenvalue weighted by Gasteiger charge is -2.27. The van der Waals surface area contributed by atoms with Crippen LogP contribution in [0.3, 0.4) is 0 Å². The summed E-state index contributed by atoms with van der Waals surface area (Å²) in [4.78, 5) is 32.3. The lowest BCUT2D eigenvalue weighted by Crippen LogP contribution is -2.45. The highest BCUT2D eigenvalue weighted by atomic mass is 16.5. The van der Waals surface area contributed by atoms with Crippen LogP contribution >= 0.6 is 0 Å². The smallest absolute Gasteiger partial charge is 0.251 e. The number of hydrogen-bond donors (Lipinski definition) is 3. The minimum atomic E-state index is -0.630. The second kappa shape index (κ2) is 14.7. The number of hydrogen-bond acceptors (Lipinski definition) is 7. The summed E-state index contributed by atoms with van der Waals surface area (Å²) in [6.07, 6.45) is 0.782. The van der Waals surface area contributed by atoms with Gasteiger partial charge in [0.25, 0.3) is 5.91 Å². The third kappa shape index (κ3) is 7.96. The zero-order valence-corrected chi connectivity index (χ0v) is 26.8. The third-order valence-electron chi connectivity index (χ3n) is 8.39. The summed E-state index contributed by atoms with van der Waals surface area (Å²) >= 11 is 0. The Balaban J connectivity index is 1.66. The molecule has 236 valence electrons. The van der Waals surface area contributed by atoms with Gasteiger partial charge in [0.2, 0.25) is 5.91 Å². The van der Waals surface area contributed by atoms with Crippen LogP contribution in [0.25, 0.3) is 11.1 Å². The van der Waals surface area contributed by atoms with E-state index in [1.165, 1.54) is 5.56 Å². The second-order valence-corrected chi connectivity index (χ2v) is 12.3. The number of primary amides is 1. The average Bonchev–Trinajstić information content (AvgIpc) is 3.41. The van der Waals surface area contributed by atoms with E-state index in [1.807, 2.05) is 92.6 Å². The zero-order chi connectivity index (χ0) is 32.0. The summed E-state index contributed by atoms with van der Waals surface area (Å²) in [7, 11) is 9.55. The molecule has 2 amide bonds. The van der Waals surface area contributed by atoms with Crippen molar-refractivity contribution >= 4 is 17.5 Å². The molecule has 0 aliphatic carbocycles. The van der Waals surface area contributed by atoms with Gasteiger partial charge in [-0.25, -0.2) is 0 Å². The number of rotatable bonds is 13. The summed E-state index contributed by atoms with van der Waals surface area (Å²) in [5.41, 5.74) is 11.0. The maximum atomic E-state index is 13.8. The molecule has 1 saturated heterocycles. The molecule has 0 spiro atoms. The van der Waals surface area contributed by atoms with Crippen LogP contribution in [0.5, 0.6) is 5.75 Å². The topological polar surface area (TPSA) is 111 Å². The first-order valence-corrected chi connectivity index (χ1v) is 15.2. The van der Waals surface area contributed by atoms with Gasteiger partial charge in [0.1, 0.15) is 5.75 Å².